The first-order valence-electron chi connectivity index (χ1n) is 7.10. The Hall–Kier alpha value is -0.370. The van der Waals surface area contributed by atoms with Crippen molar-refractivity contribution in [3.63, 3.8) is 0 Å². The third-order valence-corrected chi connectivity index (χ3v) is 5.01. The lowest BCUT2D eigenvalue weighted by Gasteiger charge is -2.24. The Kier molecular flexibility index (Phi) is 5.68. The predicted molar refractivity (Wildman–Crippen MR) is 78.6 cm³/mol. The molecule has 0 amide bonds. The van der Waals surface area contributed by atoms with Gasteiger partial charge < -0.3 is 0 Å². The summed E-state index contributed by atoms with van der Waals surface area (Å²) >= 11 is 3.67. The van der Waals surface area contributed by atoms with Gasteiger partial charge in [-0.15, -0.1) is 0 Å². The van der Waals surface area contributed by atoms with Crippen LogP contribution in [0.3, 0.4) is 0 Å². The summed E-state index contributed by atoms with van der Waals surface area (Å²) in [5, 5.41) is 1.06. The molecule has 0 bridgehead atoms. The summed E-state index contributed by atoms with van der Waals surface area (Å²) in [7, 11) is 0. The Morgan fingerprint density at radius 3 is 2.22 bits per heavy atom. The standard InChI is InChI=1S/C16H22BrF/c17-12-15(14-5-3-1-2-4-6-14)11-13-7-9-16(18)10-8-13/h7-10,14-15H,1-6,11-12H2. The predicted octanol–water partition coefficient (Wildman–Crippen LogP) is 5.35. The van der Waals surface area contributed by atoms with E-state index in [0.29, 0.717) is 5.92 Å². The second-order valence-corrected chi connectivity index (χ2v) is 6.14. The number of benzene rings is 1. The molecule has 1 aromatic rings. The van der Waals surface area contributed by atoms with Crippen molar-refractivity contribution in [2.45, 2.75) is 44.9 Å². The van der Waals surface area contributed by atoms with Crippen LogP contribution in [0.2, 0.25) is 0 Å². The van der Waals surface area contributed by atoms with E-state index < -0.39 is 0 Å². The second-order valence-electron chi connectivity index (χ2n) is 5.50. The maximum absolute atomic E-state index is 12.9. The Morgan fingerprint density at radius 1 is 1.06 bits per heavy atom. The fourth-order valence-corrected chi connectivity index (χ4v) is 3.81. The minimum Gasteiger partial charge on any atom is -0.207 e. The van der Waals surface area contributed by atoms with Crippen molar-refractivity contribution in [3.05, 3.63) is 35.6 Å². The molecular weight excluding hydrogens is 291 g/mol. The average Bonchev–Trinajstić information content (AvgIpc) is 2.67. The Morgan fingerprint density at radius 2 is 1.67 bits per heavy atom. The van der Waals surface area contributed by atoms with Crippen LogP contribution in [0, 0.1) is 17.7 Å². The number of hydrogen-bond acceptors (Lipinski definition) is 0. The zero-order valence-corrected chi connectivity index (χ0v) is 12.5. The number of halogens is 2. The van der Waals surface area contributed by atoms with Gasteiger partial charge in [0.25, 0.3) is 0 Å². The molecule has 1 atom stereocenters. The van der Waals surface area contributed by atoms with Gasteiger partial charge >= 0.3 is 0 Å². The summed E-state index contributed by atoms with van der Waals surface area (Å²) < 4.78 is 12.9. The Labute approximate surface area is 118 Å². The molecule has 0 heterocycles. The minimum atomic E-state index is -0.136. The average molecular weight is 313 g/mol. The summed E-state index contributed by atoms with van der Waals surface area (Å²) in [6, 6.07) is 7.02. The monoisotopic (exact) mass is 312 g/mol. The summed E-state index contributed by atoms with van der Waals surface area (Å²) in [5.41, 5.74) is 1.27. The van der Waals surface area contributed by atoms with Gasteiger partial charge in [-0.05, 0) is 36.0 Å². The van der Waals surface area contributed by atoms with E-state index in [1.165, 1.54) is 44.1 Å². The molecule has 2 heteroatoms. The highest BCUT2D eigenvalue weighted by Gasteiger charge is 2.22. The molecule has 2 rings (SSSR count). The van der Waals surface area contributed by atoms with Crippen molar-refractivity contribution >= 4 is 15.9 Å². The second kappa shape index (κ2) is 7.28. The molecule has 100 valence electrons. The van der Waals surface area contributed by atoms with E-state index in [-0.39, 0.29) is 5.82 Å². The van der Waals surface area contributed by atoms with Crippen molar-refractivity contribution < 1.29 is 4.39 Å². The summed E-state index contributed by atoms with van der Waals surface area (Å²) in [6.07, 6.45) is 9.41. The van der Waals surface area contributed by atoms with E-state index in [4.69, 9.17) is 0 Å². The van der Waals surface area contributed by atoms with Gasteiger partial charge in [0.15, 0.2) is 0 Å². The molecule has 0 saturated heterocycles. The molecule has 0 N–H and O–H groups in total. The van der Waals surface area contributed by atoms with Gasteiger partial charge in [-0.3, -0.25) is 0 Å². The van der Waals surface area contributed by atoms with Crippen LogP contribution in [-0.4, -0.2) is 5.33 Å². The summed E-state index contributed by atoms with van der Waals surface area (Å²) in [5.74, 6) is 1.41. The van der Waals surface area contributed by atoms with E-state index >= 15 is 0 Å². The maximum Gasteiger partial charge on any atom is 0.123 e. The normalized spacial score (nSPS) is 19.4. The quantitative estimate of drug-likeness (QED) is 0.519. The van der Waals surface area contributed by atoms with Crippen LogP contribution in [0.25, 0.3) is 0 Å². The van der Waals surface area contributed by atoms with Crippen LogP contribution < -0.4 is 0 Å². The van der Waals surface area contributed by atoms with Gasteiger partial charge in [-0.25, -0.2) is 4.39 Å². The van der Waals surface area contributed by atoms with Crippen LogP contribution in [0.4, 0.5) is 4.39 Å². The molecule has 0 radical (unpaired) electrons. The van der Waals surface area contributed by atoms with Gasteiger partial charge in [0.2, 0.25) is 0 Å². The topological polar surface area (TPSA) is 0 Å². The van der Waals surface area contributed by atoms with Gasteiger partial charge in [-0.1, -0.05) is 66.6 Å². The van der Waals surface area contributed by atoms with Crippen molar-refractivity contribution in [1.82, 2.24) is 0 Å². The van der Waals surface area contributed by atoms with E-state index in [2.05, 4.69) is 15.9 Å². The Balaban J connectivity index is 1.97. The van der Waals surface area contributed by atoms with Crippen LogP contribution in [0.1, 0.15) is 44.1 Å². The fraction of sp³-hybridized carbons (Fsp3) is 0.625. The molecular formula is C16H22BrF. The molecule has 0 aliphatic heterocycles. The SMILES string of the molecule is Fc1ccc(CC(CBr)C2CCCCCC2)cc1. The van der Waals surface area contributed by atoms with Crippen LogP contribution >= 0.6 is 15.9 Å². The van der Waals surface area contributed by atoms with Crippen molar-refractivity contribution in [2.75, 3.05) is 5.33 Å². The molecule has 1 saturated carbocycles. The van der Waals surface area contributed by atoms with Gasteiger partial charge in [0.1, 0.15) is 5.82 Å². The number of alkyl halides is 1. The zero-order valence-electron chi connectivity index (χ0n) is 10.9. The van der Waals surface area contributed by atoms with Crippen molar-refractivity contribution in [1.29, 1.82) is 0 Å². The number of hydrogen-bond donors (Lipinski definition) is 0. The van der Waals surface area contributed by atoms with Gasteiger partial charge in [0.05, 0.1) is 0 Å². The molecule has 1 unspecified atom stereocenters. The molecule has 0 nitrogen and oxygen atoms in total. The van der Waals surface area contributed by atoms with E-state index in [1.807, 2.05) is 12.1 Å². The maximum atomic E-state index is 12.9. The van der Waals surface area contributed by atoms with E-state index in [0.717, 1.165) is 17.7 Å². The minimum absolute atomic E-state index is 0.136. The third kappa shape index (κ3) is 4.08. The van der Waals surface area contributed by atoms with Crippen LogP contribution in [0.15, 0.2) is 24.3 Å². The van der Waals surface area contributed by atoms with Crippen molar-refractivity contribution in [3.8, 4) is 0 Å². The molecule has 1 aliphatic rings. The molecule has 18 heavy (non-hydrogen) atoms. The highest BCUT2D eigenvalue weighted by Crippen LogP contribution is 2.32. The lowest BCUT2D eigenvalue weighted by Crippen LogP contribution is -2.18. The van der Waals surface area contributed by atoms with Gasteiger partial charge in [0, 0.05) is 5.33 Å². The highest BCUT2D eigenvalue weighted by molar-refractivity contribution is 9.09. The number of rotatable bonds is 4. The lowest BCUT2D eigenvalue weighted by atomic mass is 9.83. The lowest BCUT2D eigenvalue weighted by molar-refractivity contribution is 0.324. The molecule has 1 aliphatic carbocycles. The molecule has 1 fully saturated rings. The van der Waals surface area contributed by atoms with Crippen molar-refractivity contribution in [2.24, 2.45) is 11.8 Å². The first kappa shape index (κ1) is 14.0. The smallest absolute Gasteiger partial charge is 0.123 e. The summed E-state index contributed by atoms with van der Waals surface area (Å²) in [4.78, 5) is 0. The first-order valence-corrected chi connectivity index (χ1v) is 8.22. The van der Waals surface area contributed by atoms with Crippen LogP contribution in [0.5, 0.6) is 0 Å². The Bertz CT molecular complexity index is 339. The fourth-order valence-electron chi connectivity index (χ4n) is 3.05. The van der Waals surface area contributed by atoms with E-state index in [9.17, 15) is 4.39 Å². The highest BCUT2D eigenvalue weighted by atomic mass is 79.9. The summed E-state index contributed by atoms with van der Waals surface area (Å²) in [6.45, 7) is 0. The largest absolute Gasteiger partial charge is 0.207 e. The third-order valence-electron chi connectivity index (χ3n) is 4.18. The zero-order chi connectivity index (χ0) is 12.8. The molecule has 0 spiro atoms. The van der Waals surface area contributed by atoms with Crippen LogP contribution in [-0.2, 0) is 6.42 Å². The van der Waals surface area contributed by atoms with Gasteiger partial charge in [-0.2, -0.15) is 0 Å². The molecule has 0 aromatic heterocycles. The first-order chi connectivity index (χ1) is 8.79. The molecule has 1 aromatic carbocycles. The van der Waals surface area contributed by atoms with E-state index in [1.54, 1.807) is 12.1 Å².